The molecule has 0 saturated heterocycles. The summed E-state index contributed by atoms with van der Waals surface area (Å²) >= 11 is 0. The van der Waals surface area contributed by atoms with E-state index in [2.05, 4.69) is 45.5 Å². The van der Waals surface area contributed by atoms with Crippen molar-refractivity contribution in [1.29, 1.82) is 0 Å². The van der Waals surface area contributed by atoms with Crippen LogP contribution in [0.2, 0.25) is 0 Å². The van der Waals surface area contributed by atoms with E-state index in [9.17, 15) is 22.4 Å². The number of rotatable bonds is 11. The number of nitrogens with zero attached hydrogens (tertiary/aromatic N) is 9. The first kappa shape index (κ1) is 26.5. The maximum Gasteiger partial charge on any atom is 0.387 e. The number of hydrogen-bond acceptors (Lipinski definition) is 10. The van der Waals surface area contributed by atoms with Crippen molar-refractivity contribution in [3.8, 4) is 22.8 Å². The van der Waals surface area contributed by atoms with Gasteiger partial charge in [-0.2, -0.15) is 27.8 Å². The topological polar surface area (TPSA) is 165 Å². The quantitative estimate of drug-likeness (QED) is 0.228. The zero-order valence-corrected chi connectivity index (χ0v) is 20.2. The van der Waals surface area contributed by atoms with Crippen LogP contribution in [0.25, 0.3) is 16.9 Å². The molecule has 0 spiro atoms. The summed E-state index contributed by atoms with van der Waals surface area (Å²) in [6.45, 7) is -5.89. The minimum Gasteiger partial charge on any atom is -0.435 e. The molecule has 0 saturated carbocycles. The van der Waals surface area contributed by atoms with Gasteiger partial charge >= 0.3 is 13.2 Å². The molecule has 0 aliphatic carbocycles. The fourth-order valence-corrected chi connectivity index (χ4v) is 3.82. The third-order valence-electron chi connectivity index (χ3n) is 5.43. The van der Waals surface area contributed by atoms with Crippen molar-refractivity contribution < 1.29 is 31.8 Å². The third kappa shape index (κ3) is 5.65. The van der Waals surface area contributed by atoms with Gasteiger partial charge in [0.2, 0.25) is 0 Å². The van der Waals surface area contributed by atoms with Gasteiger partial charge in [-0.05, 0) is 34.7 Å². The van der Waals surface area contributed by atoms with Gasteiger partial charge in [0.1, 0.15) is 29.3 Å². The Kier molecular flexibility index (Phi) is 7.49. The molecule has 0 aliphatic heterocycles. The Balaban J connectivity index is 1.58. The normalized spacial score (nSPS) is 11.5. The zero-order valence-electron chi connectivity index (χ0n) is 20.2. The molecular formula is C22H19F4N11O3. The number of tetrazole rings is 1. The number of anilines is 1. The van der Waals surface area contributed by atoms with Gasteiger partial charge in [-0.15, -0.1) is 5.10 Å². The predicted octanol–water partition coefficient (Wildman–Crippen LogP) is 2.04. The van der Waals surface area contributed by atoms with Crippen LogP contribution in [0.1, 0.15) is 16.2 Å². The molecule has 4 aromatic heterocycles. The van der Waals surface area contributed by atoms with E-state index >= 15 is 0 Å². The number of carbonyl (C=O) groups excluding carboxylic acids is 1. The Labute approximate surface area is 221 Å². The largest absolute Gasteiger partial charge is 0.435 e. The number of fused-ring (bicyclic) bond motifs is 1. The van der Waals surface area contributed by atoms with E-state index in [4.69, 9.17) is 5.73 Å². The highest BCUT2D eigenvalue weighted by molar-refractivity contribution is 6.09. The molecule has 5 rings (SSSR count). The lowest BCUT2D eigenvalue weighted by atomic mass is 10.1. The minimum atomic E-state index is -3.24. The van der Waals surface area contributed by atoms with Gasteiger partial charge in [0.05, 0.1) is 24.0 Å². The number of alkyl halides is 4. The van der Waals surface area contributed by atoms with Crippen molar-refractivity contribution in [1.82, 2.24) is 44.6 Å². The highest BCUT2D eigenvalue weighted by atomic mass is 19.3. The lowest BCUT2D eigenvalue weighted by Gasteiger charge is -2.13. The number of aromatic nitrogens is 9. The Morgan fingerprint density at radius 2 is 1.98 bits per heavy atom. The fraction of sp³-hybridized carbons (Fsp3) is 0.227. The van der Waals surface area contributed by atoms with E-state index in [1.807, 2.05) is 0 Å². The van der Waals surface area contributed by atoms with Crippen molar-refractivity contribution >= 4 is 17.2 Å². The van der Waals surface area contributed by atoms with Gasteiger partial charge in [-0.25, -0.2) is 14.2 Å². The molecule has 0 fully saturated rings. The van der Waals surface area contributed by atoms with Crippen LogP contribution in [-0.2, 0) is 13.1 Å². The molecule has 18 heteroatoms. The van der Waals surface area contributed by atoms with Gasteiger partial charge in [0, 0.05) is 25.1 Å². The molecule has 208 valence electrons. The summed E-state index contributed by atoms with van der Waals surface area (Å²) in [5, 5.41) is 22.5. The van der Waals surface area contributed by atoms with Gasteiger partial charge in [-0.1, -0.05) is 0 Å². The first-order valence-corrected chi connectivity index (χ1v) is 11.5. The van der Waals surface area contributed by atoms with E-state index in [0.717, 1.165) is 18.2 Å². The van der Waals surface area contributed by atoms with Crippen LogP contribution in [0.3, 0.4) is 0 Å². The second-order valence-electron chi connectivity index (χ2n) is 8.01. The van der Waals surface area contributed by atoms with Crippen LogP contribution in [0.5, 0.6) is 11.5 Å². The number of benzene rings is 1. The molecule has 14 nitrogen and oxygen atoms in total. The Hall–Kier alpha value is -5.13. The molecule has 0 radical (unpaired) electrons. The number of amides is 1. The summed E-state index contributed by atoms with van der Waals surface area (Å²) in [4.78, 5) is 17.4. The average Bonchev–Trinajstić information content (AvgIpc) is 3.64. The molecule has 0 aliphatic rings. The highest BCUT2D eigenvalue weighted by Crippen LogP contribution is 2.38. The highest BCUT2D eigenvalue weighted by Gasteiger charge is 2.23. The van der Waals surface area contributed by atoms with Crippen LogP contribution in [0.4, 0.5) is 23.2 Å². The van der Waals surface area contributed by atoms with Gasteiger partial charge in [0.15, 0.2) is 11.5 Å². The molecule has 1 amide bonds. The maximum absolute atomic E-state index is 13.2. The fourth-order valence-electron chi connectivity index (χ4n) is 3.82. The van der Waals surface area contributed by atoms with Crippen LogP contribution in [-0.4, -0.2) is 70.3 Å². The van der Waals surface area contributed by atoms with E-state index in [1.54, 1.807) is 12.3 Å². The van der Waals surface area contributed by atoms with Crippen molar-refractivity contribution in [2.75, 3.05) is 11.9 Å². The third-order valence-corrected chi connectivity index (χ3v) is 5.43. The Bertz CT molecular complexity index is 1640. The SMILES string of the molecule is NCCn1nnnc1Cn1cc(NC(=O)c2cnn3cccnc23)c(-c2cc(OC(F)F)ccc2OC(F)F)n1. The monoisotopic (exact) mass is 561 g/mol. The number of nitrogens with two attached hydrogens (primary N) is 1. The summed E-state index contributed by atoms with van der Waals surface area (Å²) in [5.74, 6) is -1.05. The molecule has 3 N–H and O–H groups in total. The second kappa shape index (κ2) is 11.3. The predicted molar refractivity (Wildman–Crippen MR) is 128 cm³/mol. The molecule has 5 aromatic rings. The second-order valence-corrected chi connectivity index (χ2v) is 8.01. The lowest BCUT2D eigenvalue weighted by Crippen LogP contribution is -2.16. The molecule has 0 unspecified atom stereocenters. The smallest absolute Gasteiger partial charge is 0.387 e. The first-order valence-electron chi connectivity index (χ1n) is 11.5. The summed E-state index contributed by atoms with van der Waals surface area (Å²) in [7, 11) is 0. The first-order chi connectivity index (χ1) is 19.3. The zero-order chi connectivity index (χ0) is 28.2. The van der Waals surface area contributed by atoms with Crippen LogP contribution < -0.4 is 20.5 Å². The van der Waals surface area contributed by atoms with Crippen LogP contribution >= 0.6 is 0 Å². The van der Waals surface area contributed by atoms with Gasteiger partial charge in [-0.3, -0.25) is 9.48 Å². The number of hydrogen-bond donors (Lipinski definition) is 2. The van der Waals surface area contributed by atoms with E-state index in [-0.39, 0.29) is 47.0 Å². The van der Waals surface area contributed by atoms with Crippen LogP contribution in [0, 0.1) is 0 Å². The number of nitrogens with one attached hydrogen (secondary N) is 1. The summed E-state index contributed by atoms with van der Waals surface area (Å²) in [6.07, 6.45) is 5.76. The van der Waals surface area contributed by atoms with E-state index < -0.39 is 24.9 Å². The van der Waals surface area contributed by atoms with Gasteiger partial charge < -0.3 is 20.5 Å². The molecule has 1 aromatic carbocycles. The van der Waals surface area contributed by atoms with E-state index in [0.29, 0.717) is 12.4 Å². The van der Waals surface area contributed by atoms with Crippen molar-refractivity contribution in [2.45, 2.75) is 26.3 Å². The Morgan fingerprint density at radius 1 is 1.15 bits per heavy atom. The number of ether oxygens (including phenoxy) is 2. The number of halogens is 4. The summed E-state index contributed by atoms with van der Waals surface area (Å²) in [5.41, 5.74) is 5.72. The molecule has 4 heterocycles. The minimum absolute atomic E-state index is 0.0199. The average molecular weight is 561 g/mol. The van der Waals surface area contributed by atoms with Crippen molar-refractivity contribution in [3.63, 3.8) is 0 Å². The molecule has 0 atom stereocenters. The standard InChI is InChI=1S/C22H19F4N11O3/c23-21(24)39-12-2-3-16(40-22(25)26)13(8-12)18-15(10-35(32-18)11-17-31-33-34-36(17)7-4-27)30-20(38)14-9-29-37-6-1-5-28-19(14)37/h1-3,5-6,8-10,21-22H,4,7,11,27H2,(H,30,38). The van der Waals surface area contributed by atoms with Crippen LogP contribution in [0.15, 0.2) is 49.1 Å². The lowest BCUT2D eigenvalue weighted by molar-refractivity contribution is -0.0526. The van der Waals surface area contributed by atoms with Gasteiger partial charge in [0.25, 0.3) is 5.91 Å². The summed E-state index contributed by atoms with van der Waals surface area (Å²) in [6, 6.07) is 4.73. The molecule has 40 heavy (non-hydrogen) atoms. The molecular weight excluding hydrogens is 542 g/mol. The summed E-state index contributed by atoms with van der Waals surface area (Å²) < 4.78 is 65.5. The molecule has 0 bridgehead atoms. The number of carbonyl (C=O) groups is 1. The van der Waals surface area contributed by atoms with Crippen molar-refractivity contribution in [2.24, 2.45) is 5.73 Å². The van der Waals surface area contributed by atoms with E-state index in [1.165, 1.54) is 32.5 Å². The maximum atomic E-state index is 13.2. The Morgan fingerprint density at radius 3 is 2.75 bits per heavy atom. The van der Waals surface area contributed by atoms with Crippen molar-refractivity contribution in [3.05, 3.63) is 60.4 Å².